The topological polar surface area (TPSA) is 77.1 Å². The van der Waals surface area contributed by atoms with Crippen LogP contribution in [0.4, 0.5) is 20.2 Å². The normalized spacial score (nSPS) is 13.4. The van der Waals surface area contributed by atoms with Crippen molar-refractivity contribution in [3.8, 4) is 17.2 Å². The van der Waals surface area contributed by atoms with Crippen molar-refractivity contribution in [3.63, 3.8) is 0 Å². The highest BCUT2D eigenvalue weighted by Crippen LogP contribution is 2.39. The van der Waals surface area contributed by atoms with E-state index in [9.17, 15) is 18.4 Å². The summed E-state index contributed by atoms with van der Waals surface area (Å²) in [6.07, 6.45) is 0. The Morgan fingerprint density at radius 3 is 2.18 bits per heavy atom. The number of benzene rings is 3. The van der Waals surface area contributed by atoms with E-state index in [0.29, 0.717) is 28.5 Å². The second-order valence-electron chi connectivity index (χ2n) is 7.19. The van der Waals surface area contributed by atoms with Crippen molar-refractivity contribution in [2.75, 3.05) is 31.5 Å². The molecule has 0 spiro atoms. The van der Waals surface area contributed by atoms with Crippen LogP contribution in [0.3, 0.4) is 0 Å². The molecule has 34 heavy (non-hydrogen) atoms. The molecule has 0 atom stereocenters. The Balaban J connectivity index is 1.88. The number of carbonyl (C=O) groups is 2. The fraction of sp³-hybridized carbons (Fsp3) is 0.120. The summed E-state index contributed by atoms with van der Waals surface area (Å²) in [5.41, 5.74) is 0.551. The number of hydrogen-bond acceptors (Lipinski definition) is 6. The first-order valence-corrected chi connectivity index (χ1v) is 10.1. The minimum absolute atomic E-state index is 0.00468. The van der Waals surface area contributed by atoms with Crippen LogP contribution in [0.15, 0.2) is 66.4 Å². The fourth-order valence-electron chi connectivity index (χ4n) is 3.64. The van der Waals surface area contributed by atoms with Gasteiger partial charge in [-0.1, -0.05) is 18.2 Å². The van der Waals surface area contributed by atoms with Gasteiger partial charge in [0.2, 0.25) is 0 Å². The predicted octanol–water partition coefficient (Wildman–Crippen LogP) is 4.39. The van der Waals surface area contributed by atoms with E-state index in [1.165, 1.54) is 21.3 Å². The highest BCUT2D eigenvalue weighted by molar-refractivity contribution is 6.46. The van der Waals surface area contributed by atoms with Gasteiger partial charge in [0, 0.05) is 17.7 Å². The van der Waals surface area contributed by atoms with E-state index in [2.05, 4.69) is 5.32 Å². The van der Waals surface area contributed by atoms with Gasteiger partial charge in [-0.25, -0.2) is 13.7 Å². The number of hydrogen-bond donors (Lipinski definition) is 1. The summed E-state index contributed by atoms with van der Waals surface area (Å²) < 4.78 is 43.4. The van der Waals surface area contributed by atoms with Gasteiger partial charge in [0.1, 0.15) is 22.9 Å². The number of para-hydroxylation sites is 1. The Bertz CT molecular complexity index is 1320. The number of nitrogens with zero attached hydrogens (tertiary/aromatic N) is 1. The number of imide groups is 1. The maximum absolute atomic E-state index is 13.9. The van der Waals surface area contributed by atoms with E-state index in [-0.39, 0.29) is 17.0 Å². The molecule has 4 rings (SSSR count). The van der Waals surface area contributed by atoms with Crippen molar-refractivity contribution < 1.29 is 32.6 Å². The second kappa shape index (κ2) is 9.22. The molecule has 1 heterocycles. The summed E-state index contributed by atoms with van der Waals surface area (Å²) in [6.45, 7) is 0. The number of nitrogens with one attached hydrogen (secondary N) is 1. The molecule has 0 aliphatic carbocycles. The predicted molar refractivity (Wildman–Crippen MR) is 122 cm³/mol. The van der Waals surface area contributed by atoms with E-state index < -0.39 is 23.4 Å². The SMILES string of the molecule is COc1ccc(NC2=C(c3ccccc3OC)C(=O)N(c3ccc(F)c(F)c3)C2=O)c(OC)c1. The highest BCUT2D eigenvalue weighted by Gasteiger charge is 2.41. The monoisotopic (exact) mass is 466 g/mol. The Morgan fingerprint density at radius 2 is 1.50 bits per heavy atom. The average molecular weight is 466 g/mol. The summed E-state index contributed by atoms with van der Waals surface area (Å²) >= 11 is 0. The lowest BCUT2D eigenvalue weighted by atomic mass is 10.0. The van der Waals surface area contributed by atoms with E-state index in [4.69, 9.17) is 14.2 Å². The maximum atomic E-state index is 13.9. The zero-order valence-corrected chi connectivity index (χ0v) is 18.5. The van der Waals surface area contributed by atoms with Crippen molar-refractivity contribution in [1.82, 2.24) is 0 Å². The minimum atomic E-state index is -1.19. The lowest BCUT2D eigenvalue weighted by Gasteiger charge is -2.16. The Hall–Kier alpha value is -4.40. The van der Waals surface area contributed by atoms with Crippen molar-refractivity contribution in [2.24, 2.45) is 0 Å². The molecule has 3 aromatic rings. The molecule has 0 saturated heterocycles. The maximum Gasteiger partial charge on any atom is 0.282 e. The van der Waals surface area contributed by atoms with Gasteiger partial charge in [0.05, 0.1) is 38.3 Å². The molecule has 3 aromatic carbocycles. The van der Waals surface area contributed by atoms with Gasteiger partial charge in [-0.2, -0.15) is 0 Å². The summed E-state index contributed by atoms with van der Waals surface area (Å²) in [5, 5.41) is 2.98. The van der Waals surface area contributed by atoms with Crippen molar-refractivity contribution in [3.05, 3.63) is 83.6 Å². The number of rotatable bonds is 7. The average Bonchev–Trinajstić information content (AvgIpc) is 3.09. The number of ether oxygens (including phenoxy) is 3. The van der Waals surface area contributed by atoms with Gasteiger partial charge < -0.3 is 19.5 Å². The largest absolute Gasteiger partial charge is 0.497 e. The number of carbonyl (C=O) groups excluding carboxylic acids is 2. The van der Waals surface area contributed by atoms with Gasteiger partial charge in [0.25, 0.3) is 11.8 Å². The van der Waals surface area contributed by atoms with Gasteiger partial charge in [-0.3, -0.25) is 9.59 Å². The van der Waals surface area contributed by atoms with Crippen LogP contribution in [0, 0.1) is 11.6 Å². The molecule has 0 unspecified atom stereocenters. The van der Waals surface area contributed by atoms with E-state index >= 15 is 0 Å². The lowest BCUT2D eigenvalue weighted by Crippen LogP contribution is -2.32. The van der Waals surface area contributed by atoms with Crippen LogP contribution < -0.4 is 24.4 Å². The molecule has 0 bridgehead atoms. The van der Waals surface area contributed by atoms with Crippen molar-refractivity contribution in [1.29, 1.82) is 0 Å². The van der Waals surface area contributed by atoms with Gasteiger partial charge in [-0.15, -0.1) is 0 Å². The van der Waals surface area contributed by atoms with Crippen molar-refractivity contribution in [2.45, 2.75) is 0 Å². The highest BCUT2D eigenvalue weighted by atomic mass is 19.2. The molecule has 174 valence electrons. The smallest absolute Gasteiger partial charge is 0.282 e. The van der Waals surface area contributed by atoms with Crippen LogP contribution in [0.2, 0.25) is 0 Å². The van der Waals surface area contributed by atoms with Gasteiger partial charge >= 0.3 is 0 Å². The molecule has 0 aromatic heterocycles. The van der Waals surface area contributed by atoms with Crippen molar-refractivity contribution >= 4 is 28.8 Å². The molecular formula is C25H20F2N2O5. The van der Waals surface area contributed by atoms with E-state index in [1.807, 2.05) is 0 Å². The van der Waals surface area contributed by atoms with Crippen LogP contribution >= 0.6 is 0 Å². The van der Waals surface area contributed by atoms with Crippen LogP contribution in [0.1, 0.15) is 5.56 Å². The third-order valence-electron chi connectivity index (χ3n) is 5.29. The van der Waals surface area contributed by atoms with Gasteiger partial charge in [-0.05, 0) is 30.3 Å². The van der Waals surface area contributed by atoms with Crippen LogP contribution in [0.5, 0.6) is 17.2 Å². The number of anilines is 2. The molecule has 0 saturated carbocycles. The number of amides is 2. The quantitative estimate of drug-likeness (QED) is 0.521. The summed E-state index contributed by atoms with van der Waals surface area (Å²) in [5.74, 6) is -2.52. The molecule has 1 aliphatic rings. The fourth-order valence-corrected chi connectivity index (χ4v) is 3.64. The van der Waals surface area contributed by atoms with Crippen LogP contribution in [-0.2, 0) is 9.59 Å². The Labute approximate surface area is 194 Å². The first-order chi connectivity index (χ1) is 16.4. The summed E-state index contributed by atoms with van der Waals surface area (Å²) in [4.78, 5) is 27.8. The second-order valence-corrected chi connectivity index (χ2v) is 7.19. The van der Waals surface area contributed by atoms with Gasteiger partial charge in [0.15, 0.2) is 11.6 Å². The first-order valence-electron chi connectivity index (χ1n) is 10.1. The minimum Gasteiger partial charge on any atom is -0.497 e. The molecule has 1 aliphatic heterocycles. The zero-order valence-electron chi connectivity index (χ0n) is 18.5. The number of halogens is 2. The number of methoxy groups -OCH3 is 3. The molecular weight excluding hydrogens is 446 g/mol. The summed E-state index contributed by atoms with van der Waals surface area (Å²) in [6, 6.07) is 14.4. The molecule has 1 N–H and O–H groups in total. The Morgan fingerprint density at radius 1 is 0.765 bits per heavy atom. The summed E-state index contributed by atoms with van der Waals surface area (Å²) in [7, 11) is 4.39. The lowest BCUT2D eigenvalue weighted by molar-refractivity contribution is -0.120. The van der Waals surface area contributed by atoms with Crippen LogP contribution in [0.25, 0.3) is 5.57 Å². The third kappa shape index (κ3) is 3.92. The van der Waals surface area contributed by atoms with E-state index in [0.717, 1.165) is 23.1 Å². The molecule has 0 radical (unpaired) electrons. The standard InChI is InChI=1S/C25H20F2N2O5/c1-32-15-9-11-19(21(13-15)34-3)28-23-22(16-6-4-5-7-20(16)33-2)24(30)29(25(23)31)14-8-10-17(26)18(27)12-14/h4-13,28H,1-3H3. The molecule has 7 nitrogen and oxygen atoms in total. The van der Waals surface area contributed by atoms with E-state index in [1.54, 1.807) is 42.5 Å². The molecule has 9 heteroatoms. The third-order valence-corrected chi connectivity index (χ3v) is 5.29. The first kappa shape index (κ1) is 22.8. The Kier molecular flexibility index (Phi) is 6.18. The zero-order chi connectivity index (χ0) is 24.4. The molecule has 0 fully saturated rings. The molecule has 2 amide bonds. The van der Waals surface area contributed by atoms with Crippen LogP contribution in [-0.4, -0.2) is 33.1 Å².